The predicted octanol–water partition coefficient (Wildman–Crippen LogP) is 2.26. The van der Waals surface area contributed by atoms with Crippen LogP contribution in [-0.4, -0.2) is 23.2 Å². The van der Waals surface area contributed by atoms with Crippen molar-refractivity contribution >= 4 is 31.9 Å². The second-order valence-corrected chi connectivity index (χ2v) is 5.59. The van der Waals surface area contributed by atoms with Crippen LogP contribution >= 0.6 is 31.9 Å². The zero-order chi connectivity index (χ0) is 7.40. The number of halogens is 2. The fraction of sp³-hybridized carbons (Fsp3) is 1.00. The van der Waals surface area contributed by atoms with Crippen LogP contribution in [0.25, 0.3) is 0 Å². The summed E-state index contributed by atoms with van der Waals surface area (Å²) in [6.45, 7) is 1.66. The lowest BCUT2D eigenvalue weighted by molar-refractivity contribution is -0.178. The average Bonchev–Trinajstić information content (AvgIpc) is 1.88. The summed E-state index contributed by atoms with van der Waals surface area (Å²) < 4.78 is 10.9. The monoisotopic (exact) mass is 272 g/mol. The Morgan fingerprint density at radius 2 is 1.90 bits per heavy atom. The van der Waals surface area contributed by atoms with E-state index in [1.54, 1.807) is 0 Å². The molecule has 1 aliphatic rings. The highest BCUT2D eigenvalue weighted by Crippen LogP contribution is 2.19. The Hall–Kier alpha value is 0.880. The van der Waals surface area contributed by atoms with Gasteiger partial charge >= 0.3 is 0 Å². The highest BCUT2D eigenvalue weighted by molar-refractivity contribution is 9.24. The molecular weight excluding hydrogens is 264 g/mol. The lowest BCUT2D eigenvalue weighted by Gasteiger charge is -2.23. The highest BCUT2D eigenvalue weighted by Gasteiger charge is 2.16. The van der Waals surface area contributed by atoms with Gasteiger partial charge in [-0.2, -0.15) is 0 Å². The first-order valence-corrected chi connectivity index (χ1v) is 5.13. The van der Waals surface area contributed by atoms with Gasteiger partial charge in [0.15, 0.2) is 6.29 Å². The Bertz CT molecular complexity index is 91.7. The van der Waals surface area contributed by atoms with Gasteiger partial charge in [-0.25, -0.2) is 0 Å². The number of rotatable bonds is 2. The van der Waals surface area contributed by atoms with Gasteiger partial charge < -0.3 is 9.47 Å². The van der Waals surface area contributed by atoms with Crippen LogP contribution in [0.3, 0.4) is 0 Å². The summed E-state index contributed by atoms with van der Waals surface area (Å²) in [5.74, 6) is 0. The zero-order valence-electron chi connectivity index (χ0n) is 5.56. The van der Waals surface area contributed by atoms with Crippen LogP contribution in [0.4, 0.5) is 0 Å². The molecule has 1 saturated heterocycles. The third-order valence-corrected chi connectivity index (χ3v) is 2.01. The Morgan fingerprint density at radius 3 is 2.40 bits per heavy atom. The van der Waals surface area contributed by atoms with Gasteiger partial charge in [0.2, 0.25) is 0 Å². The molecule has 1 aliphatic heterocycles. The van der Waals surface area contributed by atoms with Gasteiger partial charge in [-0.1, -0.05) is 31.9 Å². The van der Waals surface area contributed by atoms with Crippen LogP contribution in [-0.2, 0) is 9.47 Å². The molecule has 0 aromatic heterocycles. The van der Waals surface area contributed by atoms with Crippen LogP contribution in [0.1, 0.15) is 12.8 Å². The van der Waals surface area contributed by atoms with E-state index in [4.69, 9.17) is 9.47 Å². The van der Waals surface area contributed by atoms with Gasteiger partial charge in [0.05, 0.1) is 17.0 Å². The maximum atomic E-state index is 5.31. The van der Waals surface area contributed by atoms with Crippen LogP contribution in [0.5, 0.6) is 0 Å². The summed E-state index contributed by atoms with van der Waals surface area (Å²) in [4.78, 5) is 0. The molecule has 0 radical (unpaired) electrons. The molecule has 0 saturated carbocycles. The van der Waals surface area contributed by atoms with Gasteiger partial charge in [-0.05, 0) is 6.42 Å². The SMILES string of the molecule is BrC(Br)CC1OCCCO1. The first-order valence-electron chi connectivity index (χ1n) is 3.30. The molecule has 0 spiro atoms. The molecule has 4 heteroatoms. The minimum Gasteiger partial charge on any atom is -0.353 e. The first-order chi connectivity index (χ1) is 4.79. The standard InChI is InChI=1S/C6H10Br2O2/c7-5(8)4-6-9-2-1-3-10-6/h5-6H,1-4H2. The molecule has 0 unspecified atom stereocenters. The van der Waals surface area contributed by atoms with Crippen molar-refractivity contribution in [1.82, 2.24) is 0 Å². The van der Waals surface area contributed by atoms with Gasteiger partial charge in [0, 0.05) is 6.42 Å². The van der Waals surface area contributed by atoms with Crippen LogP contribution < -0.4 is 0 Å². The number of alkyl halides is 2. The number of ether oxygens (including phenoxy) is 2. The van der Waals surface area contributed by atoms with E-state index in [0.29, 0.717) is 3.74 Å². The van der Waals surface area contributed by atoms with Crippen molar-refractivity contribution in [3.63, 3.8) is 0 Å². The van der Waals surface area contributed by atoms with Gasteiger partial charge in [-0.3, -0.25) is 0 Å². The molecule has 0 aliphatic carbocycles. The third-order valence-electron chi connectivity index (χ3n) is 1.27. The van der Waals surface area contributed by atoms with Gasteiger partial charge in [0.25, 0.3) is 0 Å². The van der Waals surface area contributed by atoms with E-state index < -0.39 is 0 Å². The van der Waals surface area contributed by atoms with E-state index in [1.165, 1.54) is 0 Å². The second-order valence-electron chi connectivity index (χ2n) is 2.15. The zero-order valence-corrected chi connectivity index (χ0v) is 8.73. The molecule has 10 heavy (non-hydrogen) atoms. The van der Waals surface area contributed by atoms with Crippen molar-refractivity contribution < 1.29 is 9.47 Å². The number of hydrogen-bond donors (Lipinski definition) is 0. The molecule has 0 N–H and O–H groups in total. The van der Waals surface area contributed by atoms with Crippen molar-refractivity contribution in [3.05, 3.63) is 0 Å². The topological polar surface area (TPSA) is 18.5 Å². The second kappa shape index (κ2) is 4.70. The molecule has 0 amide bonds. The van der Waals surface area contributed by atoms with Gasteiger partial charge in [0.1, 0.15) is 0 Å². The van der Waals surface area contributed by atoms with Crippen molar-refractivity contribution in [3.8, 4) is 0 Å². The summed E-state index contributed by atoms with van der Waals surface area (Å²) in [6.07, 6.45) is 1.86. The van der Waals surface area contributed by atoms with Crippen molar-refractivity contribution in [1.29, 1.82) is 0 Å². The van der Waals surface area contributed by atoms with Crippen molar-refractivity contribution in [2.24, 2.45) is 0 Å². The summed E-state index contributed by atoms with van der Waals surface area (Å²) in [5, 5.41) is 0. The highest BCUT2D eigenvalue weighted by atomic mass is 79.9. The Kier molecular flexibility index (Phi) is 4.21. The van der Waals surface area contributed by atoms with Crippen LogP contribution in [0.15, 0.2) is 0 Å². The van der Waals surface area contributed by atoms with Crippen molar-refractivity contribution in [2.45, 2.75) is 22.9 Å². The number of hydrogen-bond acceptors (Lipinski definition) is 2. The Labute approximate surface area is 77.5 Å². The van der Waals surface area contributed by atoms with E-state index in [9.17, 15) is 0 Å². The maximum absolute atomic E-state index is 5.31. The Balaban J connectivity index is 2.13. The first kappa shape index (κ1) is 8.97. The van der Waals surface area contributed by atoms with E-state index in [0.717, 1.165) is 26.1 Å². The maximum Gasteiger partial charge on any atom is 0.159 e. The molecule has 0 aromatic carbocycles. The van der Waals surface area contributed by atoms with E-state index in [2.05, 4.69) is 31.9 Å². The summed E-state index contributed by atoms with van der Waals surface area (Å²) >= 11 is 6.73. The fourth-order valence-corrected chi connectivity index (χ4v) is 1.43. The normalized spacial score (nSPS) is 21.9. The minimum atomic E-state index is -0.0162. The van der Waals surface area contributed by atoms with Gasteiger partial charge in [-0.15, -0.1) is 0 Å². The Morgan fingerprint density at radius 1 is 1.30 bits per heavy atom. The largest absolute Gasteiger partial charge is 0.353 e. The summed E-state index contributed by atoms with van der Waals surface area (Å²) in [5.41, 5.74) is 0. The molecular formula is C6H10Br2O2. The molecule has 0 aromatic rings. The third kappa shape index (κ3) is 3.32. The molecule has 1 fully saturated rings. The van der Waals surface area contributed by atoms with Crippen LogP contribution in [0.2, 0.25) is 0 Å². The van der Waals surface area contributed by atoms with E-state index in [1.807, 2.05) is 0 Å². The molecule has 0 bridgehead atoms. The smallest absolute Gasteiger partial charge is 0.159 e. The summed E-state index contributed by atoms with van der Waals surface area (Å²) in [6, 6.07) is 0. The minimum absolute atomic E-state index is 0.0162. The lowest BCUT2D eigenvalue weighted by Crippen LogP contribution is -2.26. The summed E-state index contributed by atoms with van der Waals surface area (Å²) in [7, 11) is 0. The van der Waals surface area contributed by atoms with E-state index >= 15 is 0 Å². The fourth-order valence-electron chi connectivity index (χ4n) is 0.818. The molecule has 0 atom stereocenters. The predicted molar refractivity (Wildman–Crippen MR) is 46.6 cm³/mol. The molecule has 1 rings (SSSR count). The molecule has 60 valence electrons. The van der Waals surface area contributed by atoms with Crippen LogP contribution in [0, 0.1) is 0 Å². The quantitative estimate of drug-likeness (QED) is 0.719. The molecule has 1 heterocycles. The average molecular weight is 274 g/mol. The van der Waals surface area contributed by atoms with Crippen molar-refractivity contribution in [2.75, 3.05) is 13.2 Å². The molecule has 2 nitrogen and oxygen atoms in total. The van der Waals surface area contributed by atoms with E-state index in [-0.39, 0.29) is 6.29 Å². The lowest BCUT2D eigenvalue weighted by atomic mass is 10.4.